The van der Waals surface area contributed by atoms with E-state index in [1.165, 1.54) is 0 Å². The molecule has 0 bridgehead atoms. The van der Waals surface area contributed by atoms with E-state index in [-0.39, 0.29) is 11.6 Å². The molecule has 0 aliphatic carbocycles. The molecule has 150 valence electrons. The molecule has 0 saturated heterocycles. The standard InChI is InChI=1S/C23H21N5O2/c1-15-10-19(12-21(11-15)27-23-24-8-3-9-25-23)20-13-26-28(14-20)16(2)17-4-6-18(7-5-17)22(29)30/h3-14,16H,1-2H3,(H,29,30)(H,24,25,27). The Labute approximate surface area is 174 Å². The Kier molecular flexibility index (Phi) is 5.26. The van der Waals surface area contributed by atoms with Gasteiger partial charge < -0.3 is 10.4 Å². The van der Waals surface area contributed by atoms with E-state index in [1.54, 1.807) is 30.6 Å². The maximum absolute atomic E-state index is 11.1. The first-order chi connectivity index (χ1) is 14.5. The second-order valence-electron chi connectivity index (χ2n) is 7.10. The van der Waals surface area contributed by atoms with Crippen LogP contribution >= 0.6 is 0 Å². The number of rotatable bonds is 6. The van der Waals surface area contributed by atoms with Gasteiger partial charge in [-0.15, -0.1) is 0 Å². The quantitative estimate of drug-likeness (QED) is 0.488. The van der Waals surface area contributed by atoms with Crippen LogP contribution in [0.2, 0.25) is 0 Å². The van der Waals surface area contributed by atoms with Gasteiger partial charge in [0.25, 0.3) is 0 Å². The normalized spacial score (nSPS) is 11.8. The third-order valence-corrected chi connectivity index (χ3v) is 4.87. The zero-order valence-electron chi connectivity index (χ0n) is 16.6. The van der Waals surface area contributed by atoms with Crippen LogP contribution < -0.4 is 5.32 Å². The summed E-state index contributed by atoms with van der Waals surface area (Å²) in [5, 5.41) is 16.8. The molecule has 2 heterocycles. The van der Waals surface area contributed by atoms with Gasteiger partial charge >= 0.3 is 5.97 Å². The van der Waals surface area contributed by atoms with E-state index < -0.39 is 5.97 Å². The number of aryl methyl sites for hydroxylation is 1. The van der Waals surface area contributed by atoms with Gasteiger partial charge in [-0.1, -0.05) is 18.2 Å². The fourth-order valence-corrected chi connectivity index (χ4v) is 3.27. The molecule has 0 fully saturated rings. The lowest BCUT2D eigenvalue weighted by Crippen LogP contribution is -2.07. The predicted molar refractivity (Wildman–Crippen MR) is 115 cm³/mol. The molecule has 0 aliphatic heterocycles. The lowest BCUT2D eigenvalue weighted by Gasteiger charge is -2.13. The first-order valence-electron chi connectivity index (χ1n) is 9.53. The highest BCUT2D eigenvalue weighted by Crippen LogP contribution is 2.27. The molecule has 0 spiro atoms. The number of nitrogens with zero attached hydrogens (tertiary/aromatic N) is 4. The van der Waals surface area contributed by atoms with Gasteiger partial charge in [0.05, 0.1) is 17.8 Å². The largest absolute Gasteiger partial charge is 0.478 e. The Balaban J connectivity index is 1.58. The van der Waals surface area contributed by atoms with E-state index >= 15 is 0 Å². The fourth-order valence-electron chi connectivity index (χ4n) is 3.27. The van der Waals surface area contributed by atoms with Crippen molar-refractivity contribution in [2.45, 2.75) is 19.9 Å². The van der Waals surface area contributed by atoms with Gasteiger partial charge in [-0.25, -0.2) is 14.8 Å². The van der Waals surface area contributed by atoms with Crippen molar-refractivity contribution in [3.8, 4) is 11.1 Å². The maximum atomic E-state index is 11.1. The minimum Gasteiger partial charge on any atom is -0.478 e. The van der Waals surface area contributed by atoms with Crippen LogP contribution in [0.15, 0.2) is 73.3 Å². The highest BCUT2D eigenvalue weighted by atomic mass is 16.4. The average Bonchev–Trinajstić information content (AvgIpc) is 3.24. The predicted octanol–water partition coefficient (Wildman–Crippen LogP) is 4.70. The number of carbonyl (C=O) groups is 1. The smallest absolute Gasteiger partial charge is 0.335 e. The second kappa shape index (κ2) is 8.16. The maximum Gasteiger partial charge on any atom is 0.335 e. The van der Waals surface area contributed by atoms with Crippen LogP contribution in [0.5, 0.6) is 0 Å². The summed E-state index contributed by atoms with van der Waals surface area (Å²) in [4.78, 5) is 19.5. The summed E-state index contributed by atoms with van der Waals surface area (Å²) < 4.78 is 1.88. The molecule has 4 rings (SSSR count). The number of aromatic nitrogens is 4. The molecule has 30 heavy (non-hydrogen) atoms. The SMILES string of the molecule is Cc1cc(Nc2ncccn2)cc(-c2cnn(C(C)c3ccc(C(=O)O)cc3)c2)c1. The molecule has 0 amide bonds. The summed E-state index contributed by atoms with van der Waals surface area (Å²) in [5.41, 5.74) is 5.30. The van der Waals surface area contributed by atoms with Gasteiger partial charge in [-0.3, -0.25) is 4.68 Å². The third kappa shape index (κ3) is 4.20. The van der Waals surface area contributed by atoms with Gasteiger partial charge in [0.15, 0.2) is 0 Å². The Bertz CT molecular complexity index is 1170. The fraction of sp³-hybridized carbons (Fsp3) is 0.130. The summed E-state index contributed by atoms with van der Waals surface area (Å²) in [7, 11) is 0. The minimum atomic E-state index is -0.930. The molecule has 0 saturated carbocycles. The molecule has 1 atom stereocenters. The van der Waals surface area contributed by atoms with Crippen molar-refractivity contribution in [3.05, 3.63) is 90.0 Å². The average molecular weight is 399 g/mol. The zero-order chi connectivity index (χ0) is 21.1. The Morgan fingerprint density at radius 3 is 2.50 bits per heavy atom. The number of hydrogen-bond acceptors (Lipinski definition) is 5. The molecule has 2 aromatic carbocycles. The van der Waals surface area contributed by atoms with Crippen LogP contribution in [0.1, 0.15) is 34.5 Å². The molecule has 7 nitrogen and oxygen atoms in total. The lowest BCUT2D eigenvalue weighted by atomic mass is 10.0. The highest BCUT2D eigenvalue weighted by Gasteiger charge is 2.12. The van der Waals surface area contributed by atoms with E-state index in [0.29, 0.717) is 5.95 Å². The molecule has 7 heteroatoms. The number of anilines is 2. The van der Waals surface area contributed by atoms with Gasteiger partial charge in [-0.05, 0) is 60.9 Å². The minimum absolute atomic E-state index is 0.0262. The summed E-state index contributed by atoms with van der Waals surface area (Å²) in [6.07, 6.45) is 7.22. The van der Waals surface area contributed by atoms with Crippen molar-refractivity contribution < 1.29 is 9.90 Å². The van der Waals surface area contributed by atoms with Crippen LogP contribution in [0, 0.1) is 6.92 Å². The molecule has 1 unspecified atom stereocenters. The first kappa shape index (κ1) is 19.3. The number of hydrogen-bond donors (Lipinski definition) is 2. The van der Waals surface area contributed by atoms with Crippen molar-refractivity contribution in [1.29, 1.82) is 0 Å². The summed E-state index contributed by atoms with van der Waals surface area (Å²) >= 11 is 0. The topological polar surface area (TPSA) is 92.9 Å². The Morgan fingerprint density at radius 1 is 1.07 bits per heavy atom. The second-order valence-corrected chi connectivity index (χ2v) is 7.10. The zero-order valence-corrected chi connectivity index (χ0v) is 16.6. The van der Waals surface area contributed by atoms with Crippen LogP contribution in [0.25, 0.3) is 11.1 Å². The van der Waals surface area contributed by atoms with Gasteiger partial charge in [0.2, 0.25) is 5.95 Å². The lowest BCUT2D eigenvalue weighted by molar-refractivity contribution is 0.0697. The molecule has 2 aromatic heterocycles. The van der Waals surface area contributed by atoms with Crippen molar-refractivity contribution in [2.24, 2.45) is 0 Å². The number of benzene rings is 2. The van der Waals surface area contributed by atoms with E-state index in [4.69, 9.17) is 5.11 Å². The summed E-state index contributed by atoms with van der Waals surface area (Å²) in [6, 6.07) is 14.8. The van der Waals surface area contributed by atoms with E-state index in [2.05, 4.69) is 26.4 Å². The van der Waals surface area contributed by atoms with Crippen molar-refractivity contribution >= 4 is 17.6 Å². The number of aromatic carboxylic acids is 1. The number of nitrogens with one attached hydrogen (secondary N) is 1. The van der Waals surface area contributed by atoms with Crippen molar-refractivity contribution in [1.82, 2.24) is 19.7 Å². The van der Waals surface area contributed by atoms with Gasteiger partial charge in [0, 0.05) is 29.8 Å². The first-order valence-corrected chi connectivity index (χ1v) is 9.53. The summed E-state index contributed by atoms with van der Waals surface area (Å²) in [5.74, 6) is -0.386. The van der Waals surface area contributed by atoms with Crippen LogP contribution in [0.4, 0.5) is 11.6 Å². The van der Waals surface area contributed by atoms with E-state index in [9.17, 15) is 4.79 Å². The Hall–Kier alpha value is -4.00. The molecule has 0 aliphatic rings. The van der Waals surface area contributed by atoms with Crippen LogP contribution in [-0.2, 0) is 0 Å². The van der Waals surface area contributed by atoms with Crippen molar-refractivity contribution in [2.75, 3.05) is 5.32 Å². The highest BCUT2D eigenvalue weighted by molar-refractivity contribution is 5.87. The molecular weight excluding hydrogens is 378 g/mol. The van der Waals surface area contributed by atoms with E-state index in [1.807, 2.05) is 55.2 Å². The Morgan fingerprint density at radius 2 is 1.80 bits per heavy atom. The monoisotopic (exact) mass is 399 g/mol. The van der Waals surface area contributed by atoms with Crippen LogP contribution in [0.3, 0.4) is 0 Å². The molecular formula is C23H21N5O2. The third-order valence-electron chi connectivity index (χ3n) is 4.87. The molecule has 4 aromatic rings. The van der Waals surface area contributed by atoms with E-state index in [0.717, 1.165) is 27.9 Å². The van der Waals surface area contributed by atoms with Crippen molar-refractivity contribution in [3.63, 3.8) is 0 Å². The molecule has 0 radical (unpaired) electrons. The molecule has 2 N–H and O–H groups in total. The number of carboxylic acids is 1. The summed E-state index contributed by atoms with van der Waals surface area (Å²) in [6.45, 7) is 4.07. The number of carboxylic acid groups (broad SMARTS) is 1. The van der Waals surface area contributed by atoms with Gasteiger partial charge in [-0.2, -0.15) is 5.10 Å². The van der Waals surface area contributed by atoms with Crippen LogP contribution in [-0.4, -0.2) is 30.8 Å². The van der Waals surface area contributed by atoms with Gasteiger partial charge in [0.1, 0.15) is 0 Å².